The van der Waals surface area contributed by atoms with Gasteiger partial charge in [-0.1, -0.05) is 6.07 Å². The number of hydrogen-bond acceptors (Lipinski definition) is 6. The Balaban J connectivity index is 1.62. The third kappa shape index (κ3) is 4.07. The van der Waals surface area contributed by atoms with Gasteiger partial charge in [0, 0.05) is 49.7 Å². The maximum atomic E-state index is 13.8. The van der Waals surface area contributed by atoms with Crippen molar-refractivity contribution in [1.29, 1.82) is 0 Å². The minimum absolute atomic E-state index is 0.137. The third-order valence-corrected chi connectivity index (χ3v) is 5.58. The molecule has 33 heavy (non-hydrogen) atoms. The zero-order valence-corrected chi connectivity index (χ0v) is 18.3. The zero-order chi connectivity index (χ0) is 22.9. The fraction of sp³-hybridized carbons (Fsp3) is 0.200. The zero-order valence-electron chi connectivity index (χ0n) is 18.3. The van der Waals surface area contributed by atoms with E-state index in [1.54, 1.807) is 38.6 Å². The van der Waals surface area contributed by atoms with Gasteiger partial charge in [0.05, 0.1) is 5.52 Å². The third-order valence-electron chi connectivity index (χ3n) is 5.58. The van der Waals surface area contributed by atoms with Crippen molar-refractivity contribution in [3.8, 4) is 11.4 Å². The fourth-order valence-corrected chi connectivity index (χ4v) is 3.94. The monoisotopic (exact) mass is 443 g/mol. The largest absolute Gasteiger partial charge is 0.445 e. The first kappa shape index (κ1) is 20.8. The number of anilines is 2. The molecule has 0 aliphatic carbocycles. The molecule has 2 aromatic carbocycles. The number of carbonyl (C=O) groups excluding carboxylic acids is 1. The molecule has 4 aromatic rings. The Morgan fingerprint density at radius 2 is 2.03 bits per heavy atom. The van der Waals surface area contributed by atoms with Crippen LogP contribution in [0, 0.1) is 5.82 Å². The molecule has 7 nitrogen and oxygen atoms in total. The van der Waals surface area contributed by atoms with Gasteiger partial charge in [-0.25, -0.2) is 19.2 Å². The molecule has 0 spiro atoms. The van der Waals surface area contributed by atoms with Gasteiger partial charge in [-0.15, -0.1) is 0 Å². The quantitative estimate of drug-likeness (QED) is 0.454. The molecule has 1 aliphatic heterocycles. The molecule has 2 aromatic heterocycles. The number of nitrogens with zero attached hydrogens (tertiary/aromatic N) is 5. The van der Waals surface area contributed by atoms with Crippen LogP contribution in [0.2, 0.25) is 0 Å². The molecule has 0 fully saturated rings. The topological polar surface area (TPSA) is 71.5 Å². The molecular weight excluding hydrogens is 421 g/mol. The van der Waals surface area contributed by atoms with Crippen molar-refractivity contribution < 1.29 is 13.9 Å². The minimum atomic E-state index is -0.408. The van der Waals surface area contributed by atoms with Gasteiger partial charge in [-0.05, 0) is 60.0 Å². The van der Waals surface area contributed by atoms with Gasteiger partial charge in [0.15, 0.2) is 5.82 Å². The normalized spacial score (nSPS) is 12.6. The Bertz CT molecular complexity index is 1340. The lowest BCUT2D eigenvalue weighted by Gasteiger charge is -2.21. The standard InChI is InChI=1S/C25H22FN5O2/c1-30(2)25(32)33-15-16-5-7-21-20(12-16)24(29-23(28-21)18-4-3-10-27-14-18)31-11-9-17-13-19(26)6-8-22(17)31/h3-8,10,12-14H,9,11,15H2,1-2H3. The van der Waals surface area contributed by atoms with E-state index in [9.17, 15) is 9.18 Å². The van der Waals surface area contributed by atoms with E-state index >= 15 is 0 Å². The summed E-state index contributed by atoms with van der Waals surface area (Å²) in [5.41, 5.74) is 4.27. The Hall–Kier alpha value is -4.07. The molecule has 0 atom stereocenters. The number of hydrogen-bond donors (Lipinski definition) is 0. The van der Waals surface area contributed by atoms with Crippen LogP contribution in [-0.4, -0.2) is 46.6 Å². The molecule has 0 unspecified atom stereocenters. The number of pyridine rings is 1. The van der Waals surface area contributed by atoms with Gasteiger partial charge in [-0.2, -0.15) is 0 Å². The Morgan fingerprint density at radius 1 is 1.15 bits per heavy atom. The minimum Gasteiger partial charge on any atom is -0.445 e. The number of rotatable bonds is 4. The van der Waals surface area contributed by atoms with Gasteiger partial charge in [0.2, 0.25) is 0 Å². The Labute approximate surface area is 190 Å². The van der Waals surface area contributed by atoms with Crippen LogP contribution in [0.25, 0.3) is 22.3 Å². The van der Waals surface area contributed by atoms with Crippen LogP contribution in [0.15, 0.2) is 60.9 Å². The van der Waals surface area contributed by atoms with Crippen molar-refractivity contribution in [1.82, 2.24) is 19.9 Å². The first-order chi connectivity index (χ1) is 16.0. The highest BCUT2D eigenvalue weighted by atomic mass is 19.1. The number of fused-ring (bicyclic) bond motifs is 2. The van der Waals surface area contributed by atoms with Crippen LogP contribution in [-0.2, 0) is 17.8 Å². The van der Waals surface area contributed by atoms with Crippen LogP contribution in [0.1, 0.15) is 11.1 Å². The molecule has 1 aliphatic rings. The molecule has 0 saturated heterocycles. The van der Waals surface area contributed by atoms with Crippen molar-refractivity contribution in [2.24, 2.45) is 0 Å². The summed E-state index contributed by atoms with van der Waals surface area (Å²) >= 11 is 0. The van der Waals surface area contributed by atoms with Crippen molar-refractivity contribution >= 4 is 28.5 Å². The number of carbonyl (C=O) groups is 1. The van der Waals surface area contributed by atoms with E-state index in [0.29, 0.717) is 12.4 Å². The second-order valence-corrected chi connectivity index (χ2v) is 8.09. The first-order valence-electron chi connectivity index (χ1n) is 10.6. The van der Waals surface area contributed by atoms with Gasteiger partial charge in [-0.3, -0.25) is 4.98 Å². The summed E-state index contributed by atoms with van der Waals surface area (Å²) in [7, 11) is 3.28. The predicted molar refractivity (Wildman–Crippen MR) is 124 cm³/mol. The summed E-state index contributed by atoms with van der Waals surface area (Å²) in [5.74, 6) is 1.04. The maximum absolute atomic E-state index is 13.8. The van der Waals surface area contributed by atoms with E-state index in [1.807, 2.05) is 30.3 Å². The SMILES string of the molecule is CN(C)C(=O)OCc1ccc2nc(-c3cccnc3)nc(N3CCc4cc(F)ccc43)c2c1. The summed E-state index contributed by atoms with van der Waals surface area (Å²) in [6, 6.07) is 14.3. The summed E-state index contributed by atoms with van der Waals surface area (Å²) in [4.78, 5) is 29.2. The number of amides is 1. The molecule has 3 heterocycles. The van der Waals surface area contributed by atoms with Crippen LogP contribution < -0.4 is 4.90 Å². The molecule has 8 heteroatoms. The van der Waals surface area contributed by atoms with E-state index < -0.39 is 6.09 Å². The molecule has 5 rings (SSSR count). The molecule has 0 bridgehead atoms. The number of benzene rings is 2. The average molecular weight is 443 g/mol. The second-order valence-electron chi connectivity index (χ2n) is 8.09. The summed E-state index contributed by atoms with van der Waals surface area (Å²) in [6.07, 6.45) is 3.75. The van der Waals surface area contributed by atoms with Gasteiger partial charge in [0.1, 0.15) is 18.2 Å². The molecule has 1 amide bonds. The summed E-state index contributed by atoms with van der Waals surface area (Å²) < 4.78 is 19.1. The van der Waals surface area contributed by atoms with E-state index in [1.165, 1.54) is 11.0 Å². The van der Waals surface area contributed by atoms with E-state index in [-0.39, 0.29) is 12.4 Å². The average Bonchev–Trinajstić information content (AvgIpc) is 3.25. The van der Waals surface area contributed by atoms with Gasteiger partial charge < -0.3 is 14.5 Å². The molecule has 0 N–H and O–H groups in total. The lowest BCUT2D eigenvalue weighted by atomic mass is 10.1. The van der Waals surface area contributed by atoms with Crippen molar-refractivity contribution in [3.05, 3.63) is 77.9 Å². The molecule has 0 radical (unpaired) electrons. The molecule has 0 saturated carbocycles. The Kier molecular flexibility index (Phi) is 5.34. The van der Waals surface area contributed by atoms with Crippen LogP contribution in [0.3, 0.4) is 0 Å². The first-order valence-corrected chi connectivity index (χ1v) is 10.6. The second kappa shape index (κ2) is 8.46. The Morgan fingerprint density at radius 3 is 2.82 bits per heavy atom. The number of halogens is 1. The highest BCUT2D eigenvalue weighted by molar-refractivity contribution is 5.94. The smallest absolute Gasteiger partial charge is 0.409 e. The summed E-state index contributed by atoms with van der Waals surface area (Å²) in [5, 5.41) is 0.832. The van der Waals surface area contributed by atoms with Crippen LogP contribution in [0.5, 0.6) is 0 Å². The van der Waals surface area contributed by atoms with Crippen molar-refractivity contribution in [3.63, 3.8) is 0 Å². The molecular formula is C25H22FN5O2. The fourth-order valence-electron chi connectivity index (χ4n) is 3.94. The maximum Gasteiger partial charge on any atom is 0.409 e. The van der Waals surface area contributed by atoms with E-state index in [2.05, 4.69) is 9.88 Å². The number of ether oxygens (including phenoxy) is 1. The lowest BCUT2D eigenvalue weighted by Crippen LogP contribution is -2.22. The van der Waals surface area contributed by atoms with Gasteiger partial charge in [0.25, 0.3) is 0 Å². The van der Waals surface area contributed by atoms with E-state index in [4.69, 9.17) is 14.7 Å². The van der Waals surface area contributed by atoms with Crippen LogP contribution in [0.4, 0.5) is 20.7 Å². The van der Waals surface area contributed by atoms with Crippen molar-refractivity contribution in [2.45, 2.75) is 13.0 Å². The molecule has 166 valence electrons. The summed E-state index contributed by atoms with van der Waals surface area (Å²) in [6.45, 7) is 0.815. The lowest BCUT2D eigenvalue weighted by molar-refractivity contribution is 0.112. The highest BCUT2D eigenvalue weighted by Gasteiger charge is 2.25. The van der Waals surface area contributed by atoms with Crippen LogP contribution >= 0.6 is 0 Å². The van der Waals surface area contributed by atoms with Gasteiger partial charge >= 0.3 is 6.09 Å². The van der Waals surface area contributed by atoms with E-state index in [0.717, 1.165) is 45.5 Å². The predicted octanol–water partition coefficient (Wildman–Crippen LogP) is 4.72. The van der Waals surface area contributed by atoms with Crippen molar-refractivity contribution in [2.75, 3.05) is 25.5 Å². The number of aromatic nitrogens is 3. The highest BCUT2D eigenvalue weighted by Crippen LogP contribution is 2.38.